The Morgan fingerprint density at radius 2 is 2.16 bits per heavy atom. The Morgan fingerprint density at radius 1 is 1.26 bits per heavy atom. The second kappa shape index (κ2) is 7.53. The Labute approximate surface area is 123 Å². The normalized spacial score (nSPS) is 10.6. The van der Waals surface area contributed by atoms with Crippen LogP contribution in [-0.2, 0) is 6.42 Å². The molecular weight excluding hydrogens is 278 g/mol. The van der Waals surface area contributed by atoms with Crippen LogP contribution in [0.15, 0.2) is 35.7 Å². The van der Waals surface area contributed by atoms with Crippen LogP contribution in [0.2, 0.25) is 5.02 Å². The molecule has 0 atom stereocenters. The third kappa shape index (κ3) is 4.86. The van der Waals surface area contributed by atoms with E-state index in [2.05, 4.69) is 22.8 Å². The van der Waals surface area contributed by atoms with Crippen molar-refractivity contribution in [2.45, 2.75) is 13.3 Å². The highest BCUT2D eigenvalue weighted by atomic mass is 35.5. The minimum atomic E-state index is 0.658. The first-order valence-electron chi connectivity index (χ1n) is 6.38. The van der Waals surface area contributed by atoms with E-state index in [0.717, 1.165) is 30.8 Å². The summed E-state index contributed by atoms with van der Waals surface area (Å²) >= 11 is 7.74. The molecule has 0 saturated carbocycles. The van der Waals surface area contributed by atoms with Crippen molar-refractivity contribution in [1.82, 2.24) is 5.32 Å². The van der Waals surface area contributed by atoms with Crippen molar-refractivity contribution in [2.75, 3.05) is 19.7 Å². The van der Waals surface area contributed by atoms with Crippen LogP contribution >= 0.6 is 22.9 Å². The zero-order valence-corrected chi connectivity index (χ0v) is 12.6. The van der Waals surface area contributed by atoms with Gasteiger partial charge in [0.15, 0.2) is 0 Å². The summed E-state index contributed by atoms with van der Waals surface area (Å²) in [6, 6.07) is 9.97. The highest BCUT2D eigenvalue weighted by Crippen LogP contribution is 2.22. The quantitative estimate of drug-likeness (QED) is 0.782. The summed E-state index contributed by atoms with van der Waals surface area (Å²) in [5.41, 5.74) is 1.11. The van der Waals surface area contributed by atoms with Crippen LogP contribution < -0.4 is 10.1 Å². The molecule has 0 aliphatic carbocycles. The van der Waals surface area contributed by atoms with Crippen LogP contribution in [0.1, 0.15) is 10.4 Å². The molecular formula is C15H18ClNOS. The Balaban J connectivity index is 1.62. The largest absolute Gasteiger partial charge is 0.492 e. The predicted molar refractivity (Wildman–Crippen MR) is 82.6 cm³/mol. The predicted octanol–water partition coefficient (Wildman–Crippen LogP) is 3.92. The van der Waals surface area contributed by atoms with E-state index in [0.29, 0.717) is 11.6 Å². The summed E-state index contributed by atoms with van der Waals surface area (Å²) in [5, 5.41) is 6.20. The van der Waals surface area contributed by atoms with Crippen molar-refractivity contribution >= 4 is 22.9 Å². The molecule has 0 radical (unpaired) electrons. The van der Waals surface area contributed by atoms with Gasteiger partial charge in [0.25, 0.3) is 0 Å². The van der Waals surface area contributed by atoms with Crippen molar-refractivity contribution in [3.05, 3.63) is 51.2 Å². The van der Waals surface area contributed by atoms with Gasteiger partial charge in [0.05, 0.1) is 0 Å². The minimum Gasteiger partial charge on any atom is -0.492 e. The average Bonchev–Trinajstić information content (AvgIpc) is 2.90. The van der Waals surface area contributed by atoms with E-state index in [9.17, 15) is 0 Å². The van der Waals surface area contributed by atoms with Gasteiger partial charge in [-0.15, -0.1) is 11.3 Å². The van der Waals surface area contributed by atoms with Crippen molar-refractivity contribution < 1.29 is 4.74 Å². The lowest BCUT2D eigenvalue weighted by molar-refractivity contribution is 0.312. The molecule has 0 unspecified atom stereocenters. The first-order chi connectivity index (χ1) is 9.25. The molecule has 0 saturated heterocycles. The number of aryl methyl sites for hydroxylation is 1. The van der Waals surface area contributed by atoms with Crippen LogP contribution in [0.4, 0.5) is 0 Å². The van der Waals surface area contributed by atoms with Gasteiger partial charge < -0.3 is 10.1 Å². The number of benzene rings is 1. The molecule has 0 spiro atoms. The van der Waals surface area contributed by atoms with Gasteiger partial charge in [0.2, 0.25) is 0 Å². The van der Waals surface area contributed by atoms with Gasteiger partial charge in [-0.1, -0.05) is 23.7 Å². The molecule has 1 heterocycles. The first kappa shape index (κ1) is 14.4. The lowest BCUT2D eigenvalue weighted by Gasteiger charge is -2.10. The van der Waals surface area contributed by atoms with E-state index in [-0.39, 0.29) is 0 Å². The van der Waals surface area contributed by atoms with E-state index >= 15 is 0 Å². The molecule has 0 aliphatic rings. The molecule has 4 heteroatoms. The topological polar surface area (TPSA) is 21.3 Å². The Hall–Kier alpha value is -1.03. The average molecular weight is 296 g/mol. The van der Waals surface area contributed by atoms with Crippen LogP contribution in [0, 0.1) is 6.92 Å². The van der Waals surface area contributed by atoms with Gasteiger partial charge in [-0.2, -0.15) is 0 Å². The fourth-order valence-electron chi connectivity index (χ4n) is 1.75. The zero-order valence-electron chi connectivity index (χ0n) is 11.0. The summed E-state index contributed by atoms with van der Waals surface area (Å²) < 4.78 is 5.71. The van der Waals surface area contributed by atoms with Gasteiger partial charge in [-0.05, 0) is 42.5 Å². The van der Waals surface area contributed by atoms with Crippen molar-refractivity contribution in [2.24, 2.45) is 0 Å². The maximum absolute atomic E-state index is 5.94. The van der Waals surface area contributed by atoms with E-state index in [1.54, 1.807) is 11.3 Å². The van der Waals surface area contributed by atoms with E-state index in [4.69, 9.17) is 16.3 Å². The third-order valence-corrected chi connectivity index (χ3v) is 3.99. The lowest BCUT2D eigenvalue weighted by atomic mass is 10.2. The fourth-order valence-corrected chi connectivity index (χ4v) is 2.63. The van der Waals surface area contributed by atoms with Gasteiger partial charge in [-0.3, -0.25) is 0 Å². The SMILES string of the molecule is Cc1ccc(Cl)cc1OCCNCCc1cccs1. The van der Waals surface area contributed by atoms with E-state index in [1.807, 2.05) is 25.1 Å². The summed E-state index contributed by atoms with van der Waals surface area (Å²) in [5.74, 6) is 0.868. The molecule has 0 amide bonds. The first-order valence-corrected chi connectivity index (χ1v) is 7.63. The van der Waals surface area contributed by atoms with Gasteiger partial charge in [0.1, 0.15) is 12.4 Å². The monoisotopic (exact) mass is 295 g/mol. The summed E-state index contributed by atoms with van der Waals surface area (Å²) in [6.07, 6.45) is 1.08. The second-order valence-corrected chi connectivity index (χ2v) is 5.81. The molecule has 1 N–H and O–H groups in total. The maximum Gasteiger partial charge on any atom is 0.123 e. The van der Waals surface area contributed by atoms with Crippen LogP contribution in [0.5, 0.6) is 5.75 Å². The lowest BCUT2D eigenvalue weighted by Crippen LogP contribution is -2.23. The number of hydrogen-bond donors (Lipinski definition) is 1. The van der Waals surface area contributed by atoms with Gasteiger partial charge in [-0.25, -0.2) is 0 Å². The minimum absolute atomic E-state index is 0.658. The number of thiophene rings is 1. The van der Waals surface area contributed by atoms with Crippen molar-refractivity contribution in [3.8, 4) is 5.75 Å². The van der Waals surface area contributed by atoms with Crippen LogP contribution in [0.3, 0.4) is 0 Å². The molecule has 0 fully saturated rings. The number of rotatable bonds is 7. The summed E-state index contributed by atoms with van der Waals surface area (Å²) in [4.78, 5) is 1.42. The number of nitrogens with one attached hydrogen (secondary N) is 1. The molecule has 102 valence electrons. The van der Waals surface area contributed by atoms with Gasteiger partial charge in [0, 0.05) is 23.0 Å². The van der Waals surface area contributed by atoms with E-state index < -0.39 is 0 Å². The second-order valence-electron chi connectivity index (χ2n) is 4.34. The smallest absolute Gasteiger partial charge is 0.123 e. The molecule has 1 aromatic heterocycles. The Kier molecular flexibility index (Phi) is 5.70. The molecule has 2 aromatic rings. The Morgan fingerprint density at radius 3 is 2.95 bits per heavy atom. The highest BCUT2D eigenvalue weighted by molar-refractivity contribution is 7.09. The number of ether oxygens (including phenoxy) is 1. The summed E-state index contributed by atoms with van der Waals surface area (Å²) in [7, 11) is 0. The molecule has 2 rings (SSSR count). The van der Waals surface area contributed by atoms with Gasteiger partial charge >= 0.3 is 0 Å². The maximum atomic E-state index is 5.94. The number of hydrogen-bond acceptors (Lipinski definition) is 3. The third-order valence-electron chi connectivity index (χ3n) is 2.81. The molecule has 0 aliphatic heterocycles. The zero-order chi connectivity index (χ0) is 13.5. The molecule has 0 bridgehead atoms. The standard InChI is InChI=1S/C15H18ClNOS/c1-12-4-5-13(16)11-15(12)18-9-8-17-7-6-14-3-2-10-19-14/h2-5,10-11,17H,6-9H2,1H3. The Bertz CT molecular complexity index is 499. The van der Waals surface area contributed by atoms with Crippen LogP contribution in [-0.4, -0.2) is 19.7 Å². The molecule has 19 heavy (non-hydrogen) atoms. The van der Waals surface area contributed by atoms with Crippen molar-refractivity contribution in [3.63, 3.8) is 0 Å². The molecule has 1 aromatic carbocycles. The highest BCUT2D eigenvalue weighted by Gasteiger charge is 2.00. The fraction of sp³-hybridized carbons (Fsp3) is 0.333. The van der Waals surface area contributed by atoms with Crippen LogP contribution in [0.25, 0.3) is 0 Å². The number of halogens is 1. The summed E-state index contributed by atoms with van der Waals surface area (Å²) in [6.45, 7) is 4.51. The molecule has 2 nitrogen and oxygen atoms in total. The van der Waals surface area contributed by atoms with E-state index in [1.165, 1.54) is 4.88 Å². The van der Waals surface area contributed by atoms with Crippen molar-refractivity contribution in [1.29, 1.82) is 0 Å².